The van der Waals surface area contributed by atoms with Gasteiger partial charge in [-0.2, -0.15) is 10.3 Å². The Labute approximate surface area is 123 Å². The molecular formula is C16H16N2O3. The molecule has 5 nitrogen and oxygen atoms in total. The molecule has 0 fully saturated rings. The Morgan fingerprint density at radius 2 is 2.10 bits per heavy atom. The Balaban J connectivity index is 1.71. The van der Waals surface area contributed by atoms with Gasteiger partial charge in [-0.05, 0) is 17.7 Å². The third kappa shape index (κ3) is 2.83. The molecule has 21 heavy (non-hydrogen) atoms. The Hall–Kier alpha value is -2.53. The van der Waals surface area contributed by atoms with Crippen molar-refractivity contribution >= 4 is 6.72 Å². The SMILES string of the molecule is C=NN(O)[C@@H]1COc2cc(OCc3ccccc3)ccc21. The van der Waals surface area contributed by atoms with Crippen LogP contribution in [0.5, 0.6) is 11.5 Å². The largest absolute Gasteiger partial charge is 0.490 e. The molecule has 0 bridgehead atoms. The number of nitrogens with zero attached hydrogens (tertiary/aromatic N) is 2. The second-order valence-electron chi connectivity index (χ2n) is 4.76. The predicted molar refractivity (Wildman–Crippen MR) is 78.6 cm³/mol. The number of hydrazone groups is 1. The maximum absolute atomic E-state index is 9.62. The monoisotopic (exact) mass is 284 g/mol. The van der Waals surface area contributed by atoms with Crippen LogP contribution in [0.15, 0.2) is 53.6 Å². The van der Waals surface area contributed by atoms with Crippen LogP contribution >= 0.6 is 0 Å². The highest BCUT2D eigenvalue weighted by Gasteiger charge is 2.28. The Morgan fingerprint density at radius 1 is 1.29 bits per heavy atom. The molecule has 1 N–H and O–H groups in total. The average molecular weight is 284 g/mol. The molecule has 1 aliphatic rings. The first kappa shape index (κ1) is 13.5. The first-order chi connectivity index (χ1) is 10.3. The van der Waals surface area contributed by atoms with Crippen molar-refractivity contribution in [1.29, 1.82) is 0 Å². The molecular weight excluding hydrogens is 268 g/mol. The summed E-state index contributed by atoms with van der Waals surface area (Å²) < 4.78 is 11.3. The van der Waals surface area contributed by atoms with Crippen LogP contribution in [0.25, 0.3) is 0 Å². The summed E-state index contributed by atoms with van der Waals surface area (Å²) in [6.45, 7) is 4.15. The van der Waals surface area contributed by atoms with E-state index in [4.69, 9.17) is 9.47 Å². The van der Waals surface area contributed by atoms with E-state index in [1.54, 1.807) is 0 Å². The fraction of sp³-hybridized carbons (Fsp3) is 0.188. The van der Waals surface area contributed by atoms with Crippen molar-refractivity contribution < 1.29 is 14.7 Å². The molecule has 108 valence electrons. The number of hydroxylamine groups is 1. The van der Waals surface area contributed by atoms with E-state index in [1.165, 1.54) is 0 Å². The highest BCUT2D eigenvalue weighted by Crippen LogP contribution is 2.37. The molecule has 3 rings (SSSR count). The van der Waals surface area contributed by atoms with Crippen molar-refractivity contribution in [2.45, 2.75) is 12.6 Å². The molecule has 0 unspecified atom stereocenters. The highest BCUT2D eigenvalue weighted by atomic mass is 16.6. The zero-order chi connectivity index (χ0) is 14.7. The summed E-state index contributed by atoms with van der Waals surface area (Å²) >= 11 is 0. The third-order valence-corrected chi connectivity index (χ3v) is 3.41. The second kappa shape index (κ2) is 5.85. The predicted octanol–water partition coefficient (Wildman–Crippen LogP) is 3.01. The number of hydrogen-bond acceptors (Lipinski definition) is 5. The quantitative estimate of drug-likeness (QED) is 0.677. The van der Waals surface area contributed by atoms with Gasteiger partial charge in [-0.1, -0.05) is 30.3 Å². The van der Waals surface area contributed by atoms with Gasteiger partial charge < -0.3 is 9.47 Å². The van der Waals surface area contributed by atoms with Gasteiger partial charge in [-0.25, -0.2) is 0 Å². The Bertz CT molecular complexity index is 631. The topological polar surface area (TPSA) is 54.3 Å². The van der Waals surface area contributed by atoms with Gasteiger partial charge in [0, 0.05) is 18.3 Å². The maximum Gasteiger partial charge on any atom is 0.138 e. The van der Waals surface area contributed by atoms with E-state index in [9.17, 15) is 5.21 Å². The van der Waals surface area contributed by atoms with Crippen LogP contribution < -0.4 is 9.47 Å². The van der Waals surface area contributed by atoms with Crippen LogP contribution in [0.3, 0.4) is 0 Å². The highest BCUT2D eigenvalue weighted by molar-refractivity contribution is 5.45. The van der Waals surface area contributed by atoms with Crippen LogP contribution in [0.2, 0.25) is 0 Å². The van der Waals surface area contributed by atoms with E-state index in [0.29, 0.717) is 19.0 Å². The molecule has 0 aromatic heterocycles. The van der Waals surface area contributed by atoms with Gasteiger partial charge in [0.2, 0.25) is 0 Å². The van der Waals surface area contributed by atoms with Gasteiger partial charge in [-0.15, -0.1) is 0 Å². The molecule has 0 saturated carbocycles. The fourth-order valence-corrected chi connectivity index (χ4v) is 2.29. The number of benzene rings is 2. The molecule has 1 heterocycles. The summed E-state index contributed by atoms with van der Waals surface area (Å²) in [4.78, 5) is 0. The van der Waals surface area contributed by atoms with Gasteiger partial charge >= 0.3 is 0 Å². The van der Waals surface area contributed by atoms with Gasteiger partial charge in [0.1, 0.15) is 30.8 Å². The van der Waals surface area contributed by atoms with Crippen molar-refractivity contribution in [3.8, 4) is 11.5 Å². The lowest BCUT2D eigenvalue weighted by Crippen LogP contribution is -2.20. The molecule has 0 amide bonds. The van der Waals surface area contributed by atoms with E-state index in [0.717, 1.165) is 22.0 Å². The van der Waals surface area contributed by atoms with Gasteiger partial charge in [0.05, 0.1) is 0 Å². The molecule has 0 spiro atoms. The molecule has 0 aliphatic carbocycles. The van der Waals surface area contributed by atoms with E-state index < -0.39 is 0 Å². The van der Waals surface area contributed by atoms with E-state index >= 15 is 0 Å². The van der Waals surface area contributed by atoms with Crippen LogP contribution in [-0.2, 0) is 6.61 Å². The first-order valence-electron chi connectivity index (χ1n) is 6.66. The van der Waals surface area contributed by atoms with Crippen LogP contribution in [0.4, 0.5) is 0 Å². The van der Waals surface area contributed by atoms with Crippen molar-refractivity contribution in [1.82, 2.24) is 5.17 Å². The lowest BCUT2D eigenvalue weighted by molar-refractivity contribution is -0.129. The minimum absolute atomic E-state index is 0.319. The van der Waals surface area contributed by atoms with Gasteiger partial charge in [0.25, 0.3) is 0 Å². The average Bonchev–Trinajstić information content (AvgIpc) is 2.96. The van der Waals surface area contributed by atoms with Gasteiger partial charge in [-0.3, -0.25) is 5.21 Å². The van der Waals surface area contributed by atoms with Crippen molar-refractivity contribution in [3.05, 3.63) is 59.7 Å². The van der Waals surface area contributed by atoms with Crippen molar-refractivity contribution in [2.24, 2.45) is 5.10 Å². The molecule has 5 heteroatoms. The summed E-state index contributed by atoms with van der Waals surface area (Å²) in [7, 11) is 0. The summed E-state index contributed by atoms with van der Waals surface area (Å²) in [6, 6.07) is 15.2. The van der Waals surface area contributed by atoms with E-state index in [2.05, 4.69) is 11.8 Å². The summed E-state index contributed by atoms with van der Waals surface area (Å²) in [5.41, 5.74) is 1.98. The standard InChI is InChI=1S/C16H16N2O3/c1-17-18(19)15-11-21-16-9-13(7-8-14(15)16)20-10-12-5-3-2-4-6-12/h2-9,15,19H,1,10-11H2/t15-/m1/s1. The van der Waals surface area contributed by atoms with E-state index in [1.807, 2.05) is 48.5 Å². The number of ether oxygens (including phenoxy) is 2. The summed E-state index contributed by atoms with van der Waals surface area (Å²) in [5, 5.41) is 13.9. The molecule has 1 atom stereocenters. The normalized spacial score (nSPS) is 16.0. The van der Waals surface area contributed by atoms with E-state index in [-0.39, 0.29) is 6.04 Å². The van der Waals surface area contributed by atoms with Crippen LogP contribution in [0.1, 0.15) is 17.2 Å². The Kier molecular flexibility index (Phi) is 3.75. The lowest BCUT2D eigenvalue weighted by Gasteiger charge is -2.16. The maximum atomic E-state index is 9.62. The number of fused-ring (bicyclic) bond motifs is 1. The fourth-order valence-electron chi connectivity index (χ4n) is 2.29. The molecule has 2 aromatic rings. The lowest BCUT2D eigenvalue weighted by atomic mass is 10.1. The third-order valence-electron chi connectivity index (χ3n) is 3.41. The smallest absolute Gasteiger partial charge is 0.138 e. The number of hydrogen-bond donors (Lipinski definition) is 1. The number of rotatable bonds is 5. The van der Waals surface area contributed by atoms with Crippen LogP contribution in [0, 0.1) is 0 Å². The second-order valence-corrected chi connectivity index (χ2v) is 4.76. The molecule has 2 aromatic carbocycles. The van der Waals surface area contributed by atoms with Crippen molar-refractivity contribution in [3.63, 3.8) is 0 Å². The summed E-state index contributed by atoms with van der Waals surface area (Å²) in [6.07, 6.45) is 0. The molecule has 1 aliphatic heterocycles. The minimum atomic E-state index is -0.319. The van der Waals surface area contributed by atoms with Gasteiger partial charge in [0.15, 0.2) is 0 Å². The summed E-state index contributed by atoms with van der Waals surface area (Å²) in [5.74, 6) is 1.43. The molecule has 0 saturated heterocycles. The first-order valence-corrected chi connectivity index (χ1v) is 6.66. The molecule has 0 radical (unpaired) electrons. The zero-order valence-corrected chi connectivity index (χ0v) is 11.5. The van der Waals surface area contributed by atoms with Crippen LogP contribution in [-0.4, -0.2) is 23.7 Å². The zero-order valence-electron chi connectivity index (χ0n) is 11.5. The minimum Gasteiger partial charge on any atom is -0.490 e. The van der Waals surface area contributed by atoms with Crippen molar-refractivity contribution in [2.75, 3.05) is 6.61 Å². The Morgan fingerprint density at radius 3 is 2.86 bits per heavy atom.